The minimum atomic E-state index is -0.937. The molecule has 0 spiro atoms. The second kappa shape index (κ2) is 10.4. The molecule has 0 saturated carbocycles. The lowest BCUT2D eigenvalue weighted by Gasteiger charge is -2.41. The summed E-state index contributed by atoms with van der Waals surface area (Å²) in [5.74, 6) is -0.468. The van der Waals surface area contributed by atoms with Crippen LogP contribution in [0, 0.1) is 6.92 Å². The molecule has 0 aliphatic carbocycles. The van der Waals surface area contributed by atoms with Crippen LogP contribution < -0.4 is 10.6 Å². The fourth-order valence-electron chi connectivity index (χ4n) is 4.69. The molecule has 4 heterocycles. The maximum atomic E-state index is 13.1. The van der Waals surface area contributed by atoms with Gasteiger partial charge in [-0.15, -0.1) is 0 Å². The van der Waals surface area contributed by atoms with Gasteiger partial charge >= 0.3 is 0 Å². The number of carbonyl (C=O) groups is 4. The first-order valence-corrected chi connectivity index (χ1v) is 12.3. The van der Waals surface area contributed by atoms with Crippen molar-refractivity contribution in [1.29, 1.82) is 0 Å². The van der Waals surface area contributed by atoms with Gasteiger partial charge in [-0.05, 0) is 57.4 Å². The highest BCUT2D eigenvalue weighted by molar-refractivity contribution is 6.02. The lowest BCUT2D eigenvalue weighted by atomic mass is 9.98. The largest absolute Gasteiger partial charge is 0.352 e. The van der Waals surface area contributed by atoms with Crippen molar-refractivity contribution in [3.63, 3.8) is 0 Å². The number of carbonyl (C=O) groups excluding carboxylic acids is 4. The van der Waals surface area contributed by atoms with Crippen LogP contribution >= 0.6 is 0 Å². The molecule has 2 saturated heterocycles. The van der Waals surface area contributed by atoms with E-state index in [1.807, 2.05) is 19.1 Å². The molecule has 2 N–H and O–H groups in total. The summed E-state index contributed by atoms with van der Waals surface area (Å²) in [5.41, 5.74) is 0.944. The van der Waals surface area contributed by atoms with Crippen LogP contribution in [0.25, 0.3) is 0 Å². The molecule has 190 valence electrons. The van der Waals surface area contributed by atoms with Gasteiger partial charge in [-0.1, -0.05) is 12.1 Å². The number of hydrogen-bond donors (Lipinski definition) is 2. The molecule has 10 nitrogen and oxygen atoms in total. The molecule has 36 heavy (non-hydrogen) atoms. The van der Waals surface area contributed by atoms with Gasteiger partial charge < -0.3 is 20.4 Å². The number of amides is 4. The van der Waals surface area contributed by atoms with E-state index in [2.05, 4.69) is 20.6 Å². The average molecular weight is 493 g/mol. The molecule has 4 amide bonds. The van der Waals surface area contributed by atoms with Crippen LogP contribution in [0.15, 0.2) is 36.5 Å². The summed E-state index contributed by atoms with van der Waals surface area (Å²) in [5, 5.41) is 5.52. The molecule has 2 aromatic rings. The Bertz CT molecular complexity index is 1160. The van der Waals surface area contributed by atoms with Crippen molar-refractivity contribution < 1.29 is 19.2 Å². The number of anilines is 1. The van der Waals surface area contributed by atoms with Crippen molar-refractivity contribution in [2.45, 2.75) is 58.0 Å². The molecule has 2 aromatic heterocycles. The number of nitrogens with one attached hydrogen (secondary N) is 2. The Morgan fingerprint density at radius 2 is 1.89 bits per heavy atom. The van der Waals surface area contributed by atoms with Gasteiger partial charge in [-0.3, -0.25) is 19.2 Å². The molecule has 0 bridgehead atoms. The first-order chi connectivity index (χ1) is 17.2. The standard InChI is InChI=1S/C26H32N6O4/c1-17-9-10-21(28-16-17)30-24(35)19-7-4-6-18(29-19)20-8-5-14-31(20)22(33)11-12-23(34)32-15-13-27-25(36)26(32,2)3/h4,6-7,9-10,16,20H,5,8,11-15H2,1-3H3,(H,27,36)(H,28,30,35). The van der Waals surface area contributed by atoms with Crippen LogP contribution in [0.5, 0.6) is 0 Å². The van der Waals surface area contributed by atoms with Crippen LogP contribution in [-0.4, -0.2) is 68.6 Å². The van der Waals surface area contributed by atoms with Gasteiger partial charge in [0.1, 0.15) is 17.1 Å². The highest BCUT2D eigenvalue weighted by Crippen LogP contribution is 2.32. The smallest absolute Gasteiger partial charge is 0.275 e. The Hall–Kier alpha value is -3.82. The van der Waals surface area contributed by atoms with Gasteiger partial charge in [0.05, 0.1) is 11.7 Å². The molecule has 2 aliphatic heterocycles. The van der Waals surface area contributed by atoms with Crippen LogP contribution in [0.2, 0.25) is 0 Å². The molecule has 0 aromatic carbocycles. The SMILES string of the molecule is Cc1ccc(NC(=O)c2cccc(C3CCCN3C(=O)CCC(=O)N3CCNC(=O)C3(C)C)n2)nc1. The maximum absolute atomic E-state index is 13.1. The van der Waals surface area contributed by atoms with Crippen molar-refractivity contribution in [2.24, 2.45) is 0 Å². The summed E-state index contributed by atoms with van der Waals surface area (Å²) in [6.45, 7) is 6.74. The first kappa shape index (κ1) is 25.3. The molecule has 1 unspecified atom stereocenters. The van der Waals surface area contributed by atoms with E-state index in [9.17, 15) is 19.2 Å². The summed E-state index contributed by atoms with van der Waals surface area (Å²) in [7, 11) is 0. The first-order valence-electron chi connectivity index (χ1n) is 12.3. The fourth-order valence-corrected chi connectivity index (χ4v) is 4.69. The van der Waals surface area contributed by atoms with E-state index < -0.39 is 5.54 Å². The Kier molecular flexibility index (Phi) is 7.32. The Morgan fingerprint density at radius 1 is 1.11 bits per heavy atom. The van der Waals surface area contributed by atoms with Crippen molar-refractivity contribution in [2.75, 3.05) is 25.0 Å². The number of nitrogens with zero attached hydrogens (tertiary/aromatic N) is 4. The van der Waals surface area contributed by atoms with Gasteiger partial charge in [0.15, 0.2) is 0 Å². The van der Waals surface area contributed by atoms with Gasteiger partial charge in [0.25, 0.3) is 5.91 Å². The van der Waals surface area contributed by atoms with E-state index in [1.54, 1.807) is 48.0 Å². The van der Waals surface area contributed by atoms with E-state index in [0.717, 1.165) is 18.4 Å². The lowest BCUT2D eigenvalue weighted by molar-refractivity contribution is -0.150. The molecule has 2 aliphatic rings. The van der Waals surface area contributed by atoms with Gasteiger partial charge in [0.2, 0.25) is 17.7 Å². The zero-order chi connectivity index (χ0) is 25.9. The number of likely N-dealkylation sites (tertiary alicyclic amines) is 1. The molecule has 0 radical (unpaired) electrons. The monoisotopic (exact) mass is 492 g/mol. The van der Waals surface area contributed by atoms with Crippen molar-refractivity contribution >= 4 is 29.4 Å². The molecule has 1 atom stereocenters. The molecule has 2 fully saturated rings. The highest BCUT2D eigenvalue weighted by atomic mass is 16.2. The molecular formula is C26H32N6O4. The van der Waals surface area contributed by atoms with E-state index >= 15 is 0 Å². The van der Waals surface area contributed by atoms with Gasteiger partial charge in [0, 0.05) is 38.7 Å². The van der Waals surface area contributed by atoms with Crippen molar-refractivity contribution in [1.82, 2.24) is 25.1 Å². The molecule has 4 rings (SSSR count). The van der Waals surface area contributed by atoms with Crippen LogP contribution in [-0.2, 0) is 14.4 Å². The highest BCUT2D eigenvalue weighted by Gasteiger charge is 2.40. The van der Waals surface area contributed by atoms with Gasteiger partial charge in [-0.25, -0.2) is 9.97 Å². The minimum Gasteiger partial charge on any atom is -0.352 e. The van der Waals surface area contributed by atoms with Crippen LogP contribution in [0.4, 0.5) is 5.82 Å². The average Bonchev–Trinajstić information content (AvgIpc) is 3.36. The second-order valence-electron chi connectivity index (χ2n) is 9.73. The fraction of sp³-hybridized carbons (Fsp3) is 0.462. The minimum absolute atomic E-state index is 0.0399. The van der Waals surface area contributed by atoms with E-state index in [4.69, 9.17) is 0 Å². The normalized spacial score (nSPS) is 19.1. The summed E-state index contributed by atoms with van der Waals surface area (Å²) in [4.78, 5) is 62.8. The predicted octanol–water partition coefficient (Wildman–Crippen LogP) is 2.22. The van der Waals surface area contributed by atoms with Crippen molar-refractivity contribution in [3.05, 3.63) is 53.5 Å². The summed E-state index contributed by atoms with van der Waals surface area (Å²) in [6, 6.07) is 8.54. The quantitative estimate of drug-likeness (QED) is 0.637. The number of aromatic nitrogens is 2. The summed E-state index contributed by atoms with van der Waals surface area (Å²) < 4.78 is 0. The lowest BCUT2D eigenvalue weighted by Crippen LogP contribution is -2.63. The zero-order valence-electron chi connectivity index (χ0n) is 20.9. The summed E-state index contributed by atoms with van der Waals surface area (Å²) >= 11 is 0. The van der Waals surface area contributed by atoms with E-state index in [-0.39, 0.29) is 48.2 Å². The number of piperazine rings is 1. The third kappa shape index (κ3) is 5.37. The Labute approximate surface area is 210 Å². The van der Waals surface area contributed by atoms with E-state index in [1.165, 1.54) is 0 Å². The number of pyridine rings is 2. The number of hydrogen-bond acceptors (Lipinski definition) is 6. The second-order valence-corrected chi connectivity index (χ2v) is 9.73. The van der Waals surface area contributed by atoms with Crippen molar-refractivity contribution in [3.8, 4) is 0 Å². The summed E-state index contributed by atoms with van der Waals surface area (Å²) in [6.07, 6.45) is 3.32. The third-order valence-corrected chi connectivity index (χ3v) is 6.78. The van der Waals surface area contributed by atoms with Crippen LogP contribution in [0.3, 0.4) is 0 Å². The Morgan fingerprint density at radius 3 is 2.64 bits per heavy atom. The zero-order valence-corrected chi connectivity index (χ0v) is 20.9. The van der Waals surface area contributed by atoms with E-state index in [0.29, 0.717) is 31.1 Å². The predicted molar refractivity (Wildman–Crippen MR) is 133 cm³/mol. The van der Waals surface area contributed by atoms with Crippen LogP contribution in [0.1, 0.15) is 67.3 Å². The topological polar surface area (TPSA) is 125 Å². The maximum Gasteiger partial charge on any atom is 0.275 e. The number of rotatable bonds is 6. The Balaban J connectivity index is 1.39. The molecule has 10 heteroatoms. The van der Waals surface area contributed by atoms with Gasteiger partial charge in [-0.2, -0.15) is 0 Å². The number of aryl methyl sites for hydroxylation is 1. The molecular weight excluding hydrogens is 460 g/mol. The third-order valence-electron chi connectivity index (χ3n) is 6.78.